The zero-order chi connectivity index (χ0) is 17.0. The molecule has 1 fully saturated rings. The van der Waals surface area contributed by atoms with Crippen LogP contribution in [0.4, 0.5) is 0 Å². The van der Waals surface area contributed by atoms with Crippen LogP contribution in [-0.2, 0) is 16.8 Å². The van der Waals surface area contributed by atoms with Crippen molar-refractivity contribution in [1.82, 2.24) is 5.32 Å². The number of amides is 1. The molecule has 0 saturated heterocycles. The van der Waals surface area contributed by atoms with Gasteiger partial charge in [-0.2, -0.15) is 0 Å². The summed E-state index contributed by atoms with van der Waals surface area (Å²) in [5.41, 5.74) is 0.779. The highest BCUT2D eigenvalue weighted by atomic mass is 16.5. The molecule has 2 aromatic rings. The van der Waals surface area contributed by atoms with Gasteiger partial charge in [-0.15, -0.1) is 0 Å². The van der Waals surface area contributed by atoms with Crippen molar-refractivity contribution >= 4 is 5.91 Å². The summed E-state index contributed by atoms with van der Waals surface area (Å²) >= 11 is 0. The summed E-state index contributed by atoms with van der Waals surface area (Å²) in [6, 6.07) is 17.1. The van der Waals surface area contributed by atoms with E-state index in [4.69, 9.17) is 4.74 Å². The van der Waals surface area contributed by atoms with Gasteiger partial charge in [-0.25, -0.2) is 0 Å². The Bertz CT molecular complexity index is 697. The van der Waals surface area contributed by atoms with Crippen LogP contribution in [0.1, 0.15) is 24.0 Å². The summed E-state index contributed by atoms with van der Waals surface area (Å²) in [5.74, 6) is 0.856. The molecule has 0 bridgehead atoms. The molecule has 0 unspecified atom stereocenters. The fourth-order valence-electron chi connectivity index (χ4n) is 3.03. The van der Waals surface area contributed by atoms with Crippen LogP contribution in [0.25, 0.3) is 0 Å². The van der Waals surface area contributed by atoms with E-state index in [-0.39, 0.29) is 24.8 Å². The smallest absolute Gasteiger partial charge is 0.224 e. The molecule has 1 aliphatic rings. The van der Waals surface area contributed by atoms with Gasteiger partial charge in [0, 0.05) is 0 Å². The number of nitrogens with one attached hydrogen (secondary N) is 1. The monoisotopic (exact) mass is 325 g/mol. The van der Waals surface area contributed by atoms with Crippen LogP contribution in [-0.4, -0.2) is 24.7 Å². The Balaban J connectivity index is 1.63. The van der Waals surface area contributed by atoms with Gasteiger partial charge in [0.15, 0.2) is 0 Å². The third-order valence-electron chi connectivity index (χ3n) is 4.58. The fraction of sp³-hybridized carbons (Fsp3) is 0.350. The van der Waals surface area contributed by atoms with Crippen LogP contribution < -0.4 is 10.1 Å². The van der Waals surface area contributed by atoms with E-state index >= 15 is 0 Å². The lowest BCUT2D eigenvalue weighted by Gasteiger charge is -2.29. The number of methoxy groups -OCH3 is 1. The Morgan fingerprint density at radius 3 is 2.62 bits per heavy atom. The van der Waals surface area contributed by atoms with E-state index in [1.807, 2.05) is 54.6 Å². The van der Waals surface area contributed by atoms with Crippen LogP contribution in [0.15, 0.2) is 54.6 Å². The molecular formula is C20H23NO3. The van der Waals surface area contributed by atoms with E-state index in [0.717, 1.165) is 29.7 Å². The molecule has 0 radical (unpaired) electrons. The molecule has 3 rings (SSSR count). The summed E-state index contributed by atoms with van der Waals surface area (Å²) in [4.78, 5) is 12.3. The van der Waals surface area contributed by atoms with Crippen molar-refractivity contribution < 1.29 is 14.6 Å². The highest BCUT2D eigenvalue weighted by molar-refractivity contribution is 5.78. The van der Waals surface area contributed by atoms with Crippen LogP contribution in [0.2, 0.25) is 0 Å². The van der Waals surface area contributed by atoms with Crippen molar-refractivity contribution in [2.45, 2.75) is 24.9 Å². The molecule has 1 atom stereocenters. The van der Waals surface area contributed by atoms with Gasteiger partial charge >= 0.3 is 0 Å². The molecule has 1 saturated carbocycles. The van der Waals surface area contributed by atoms with Gasteiger partial charge in [0.1, 0.15) is 11.4 Å². The molecule has 126 valence electrons. The number of carbonyl (C=O) groups is 1. The average Bonchev–Trinajstić information content (AvgIpc) is 3.46. The quantitative estimate of drug-likeness (QED) is 0.823. The Morgan fingerprint density at radius 2 is 1.96 bits per heavy atom. The highest BCUT2D eigenvalue weighted by Crippen LogP contribution is 2.45. The number of ether oxygens (including phenoxy) is 1. The lowest BCUT2D eigenvalue weighted by molar-refractivity contribution is -0.122. The van der Waals surface area contributed by atoms with Gasteiger partial charge in [0.05, 0.1) is 20.1 Å². The summed E-state index contributed by atoms with van der Waals surface area (Å²) < 4.78 is 5.18. The van der Waals surface area contributed by atoms with Gasteiger partial charge < -0.3 is 15.2 Å². The maximum absolute atomic E-state index is 12.3. The minimum Gasteiger partial charge on any atom is -0.497 e. The normalized spacial score (nSPS) is 16.2. The second-order valence-electron chi connectivity index (χ2n) is 6.37. The third-order valence-corrected chi connectivity index (χ3v) is 4.58. The van der Waals surface area contributed by atoms with E-state index in [0.29, 0.717) is 0 Å². The van der Waals surface area contributed by atoms with Gasteiger partial charge in [-0.1, -0.05) is 42.5 Å². The Labute approximate surface area is 142 Å². The molecule has 2 N–H and O–H groups in total. The topological polar surface area (TPSA) is 58.6 Å². The highest BCUT2D eigenvalue weighted by Gasteiger charge is 2.45. The zero-order valence-electron chi connectivity index (χ0n) is 13.9. The van der Waals surface area contributed by atoms with Crippen molar-refractivity contribution in [2.24, 2.45) is 5.92 Å². The summed E-state index contributed by atoms with van der Waals surface area (Å²) in [6.45, 7) is 0.241. The summed E-state index contributed by atoms with van der Waals surface area (Å²) in [5, 5.41) is 14.0. The first-order chi connectivity index (χ1) is 11.6. The predicted octanol–water partition coefficient (Wildman–Crippen LogP) is 2.65. The largest absolute Gasteiger partial charge is 0.497 e. The van der Waals surface area contributed by atoms with E-state index < -0.39 is 5.60 Å². The number of carbonyl (C=O) groups excluding carboxylic acids is 1. The van der Waals surface area contributed by atoms with Crippen molar-refractivity contribution in [1.29, 1.82) is 0 Å². The molecule has 0 aliphatic heterocycles. The summed E-state index contributed by atoms with van der Waals surface area (Å²) in [7, 11) is 1.61. The summed E-state index contributed by atoms with van der Waals surface area (Å²) in [6.07, 6.45) is 2.26. The van der Waals surface area contributed by atoms with Gasteiger partial charge in [0.25, 0.3) is 0 Å². The standard InChI is InChI=1S/C20H23NO3/c1-24-18-9-5-6-15(12-18)13-19(22)21-14-20(23,17-10-11-17)16-7-3-2-4-8-16/h2-9,12,17,23H,10-11,13-14H2,1H3,(H,21,22)/t20-/m1/s1. The van der Waals surface area contributed by atoms with Crippen LogP contribution in [0.3, 0.4) is 0 Å². The van der Waals surface area contributed by atoms with Crippen molar-refractivity contribution in [3.8, 4) is 5.75 Å². The molecular weight excluding hydrogens is 302 g/mol. The third kappa shape index (κ3) is 3.77. The Kier molecular flexibility index (Phi) is 4.86. The molecule has 1 aliphatic carbocycles. The first-order valence-electron chi connectivity index (χ1n) is 8.29. The first-order valence-corrected chi connectivity index (χ1v) is 8.29. The van der Waals surface area contributed by atoms with Crippen molar-refractivity contribution in [2.75, 3.05) is 13.7 Å². The zero-order valence-corrected chi connectivity index (χ0v) is 13.9. The van der Waals surface area contributed by atoms with E-state index in [1.54, 1.807) is 7.11 Å². The molecule has 0 heterocycles. The molecule has 4 heteroatoms. The molecule has 0 aromatic heterocycles. The molecule has 1 amide bonds. The first kappa shape index (κ1) is 16.5. The lowest BCUT2D eigenvalue weighted by atomic mass is 9.88. The number of rotatable bonds is 7. The second-order valence-corrected chi connectivity index (χ2v) is 6.37. The van der Waals surface area contributed by atoms with Gasteiger partial charge in [-0.05, 0) is 42.0 Å². The van der Waals surface area contributed by atoms with Crippen LogP contribution >= 0.6 is 0 Å². The van der Waals surface area contributed by atoms with Gasteiger partial charge in [-0.3, -0.25) is 4.79 Å². The van der Waals surface area contributed by atoms with Gasteiger partial charge in [0.2, 0.25) is 5.91 Å². The van der Waals surface area contributed by atoms with Crippen molar-refractivity contribution in [3.05, 3.63) is 65.7 Å². The second kappa shape index (κ2) is 7.05. The maximum atomic E-state index is 12.3. The van der Waals surface area contributed by atoms with E-state index in [2.05, 4.69) is 5.32 Å². The molecule has 4 nitrogen and oxygen atoms in total. The number of benzene rings is 2. The predicted molar refractivity (Wildman–Crippen MR) is 92.8 cm³/mol. The maximum Gasteiger partial charge on any atom is 0.224 e. The minimum atomic E-state index is -0.981. The molecule has 0 spiro atoms. The van der Waals surface area contributed by atoms with E-state index in [1.165, 1.54) is 0 Å². The van der Waals surface area contributed by atoms with E-state index in [9.17, 15) is 9.90 Å². The SMILES string of the molecule is COc1cccc(CC(=O)NC[C@@](O)(c2ccccc2)C2CC2)c1. The lowest BCUT2D eigenvalue weighted by Crippen LogP contribution is -2.43. The average molecular weight is 325 g/mol. The number of aliphatic hydroxyl groups is 1. The fourth-order valence-corrected chi connectivity index (χ4v) is 3.03. The molecule has 24 heavy (non-hydrogen) atoms. The van der Waals surface area contributed by atoms with Crippen LogP contribution in [0.5, 0.6) is 5.75 Å². The number of hydrogen-bond acceptors (Lipinski definition) is 3. The number of hydrogen-bond donors (Lipinski definition) is 2. The van der Waals surface area contributed by atoms with Crippen LogP contribution in [0, 0.1) is 5.92 Å². The Hall–Kier alpha value is -2.33. The molecule has 2 aromatic carbocycles. The minimum absolute atomic E-state index is 0.0988. The Morgan fingerprint density at radius 1 is 1.21 bits per heavy atom. The van der Waals surface area contributed by atoms with Crippen molar-refractivity contribution in [3.63, 3.8) is 0 Å².